The maximum Gasteiger partial charge on any atom is 0.257 e. The van der Waals surface area contributed by atoms with E-state index >= 15 is 4.39 Å². The fourth-order valence-electron chi connectivity index (χ4n) is 4.52. The molecule has 2 heterocycles. The lowest BCUT2D eigenvalue weighted by molar-refractivity contribution is -0.386. The number of amides is 1. The van der Waals surface area contributed by atoms with Crippen LogP contribution < -0.4 is 0 Å². The van der Waals surface area contributed by atoms with Crippen LogP contribution in [-0.4, -0.2) is 27.5 Å². The third-order valence-corrected chi connectivity index (χ3v) is 7.42. The van der Waals surface area contributed by atoms with Crippen LogP contribution in [-0.2, 0) is 27.6 Å². The fourth-order valence-corrected chi connectivity index (χ4v) is 4.76. The Labute approximate surface area is 229 Å². The van der Waals surface area contributed by atoms with E-state index in [1.165, 1.54) is 37.1 Å². The molecule has 0 radical (unpaired) electrons. The fraction of sp³-hybridized carbons (Fsp3) is 0.321. The van der Waals surface area contributed by atoms with Crippen molar-refractivity contribution in [3.63, 3.8) is 0 Å². The van der Waals surface area contributed by atoms with Gasteiger partial charge in [0.15, 0.2) is 0 Å². The molecule has 1 aromatic heterocycles. The van der Waals surface area contributed by atoms with E-state index in [4.69, 9.17) is 33.0 Å². The minimum atomic E-state index is -1.88. The molecule has 1 amide bonds. The molecular formula is C28H24Cl2FN3O4. The minimum absolute atomic E-state index is 0.0102. The van der Waals surface area contributed by atoms with Crippen LogP contribution in [0.15, 0.2) is 54.7 Å². The van der Waals surface area contributed by atoms with Crippen LogP contribution in [0.1, 0.15) is 59.4 Å². The molecule has 1 N–H and O–H groups in total. The Morgan fingerprint density at radius 3 is 2.42 bits per heavy atom. The molecule has 0 saturated heterocycles. The number of pyridine rings is 1. The molecule has 1 saturated carbocycles. The van der Waals surface area contributed by atoms with E-state index in [-0.39, 0.29) is 29.8 Å². The van der Waals surface area contributed by atoms with Gasteiger partial charge in [0.1, 0.15) is 12.4 Å². The van der Waals surface area contributed by atoms with Crippen molar-refractivity contribution < 1.29 is 24.1 Å². The molecule has 1 fully saturated rings. The molecule has 10 heteroatoms. The number of hydrogen-bond donors (Lipinski definition) is 1. The number of benzene rings is 2. The molecule has 1 aliphatic carbocycles. The Kier molecular flexibility index (Phi) is 6.70. The molecule has 38 heavy (non-hydrogen) atoms. The quantitative estimate of drug-likeness (QED) is 0.276. The molecule has 5 rings (SSSR count). The first-order chi connectivity index (χ1) is 18.0. The maximum absolute atomic E-state index is 16.1. The molecule has 2 aromatic carbocycles. The molecular weight excluding hydrogens is 532 g/mol. The largest absolute Gasteiger partial charge is 0.386 e. The van der Waals surface area contributed by atoms with E-state index in [0.717, 1.165) is 0 Å². The normalized spacial score (nSPS) is 19.8. The van der Waals surface area contributed by atoms with E-state index < -0.39 is 28.5 Å². The highest BCUT2D eigenvalue weighted by molar-refractivity contribution is 6.30. The summed E-state index contributed by atoms with van der Waals surface area (Å²) in [6.45, 7) is 2.87. The highest BCUT2D eigenvalue weighted by Gasteiger charge is 2.56. The highest BCUT2D eigenvalue weighted by atomic mass is 35.5. The van der Waals surface area contributed by atoms with Crippen LogP contribution in [0.2, 0.25) is 10.0 Å². The minimum Gasteiger partial charge on any atom is -0.386 e. The van der Waals surface area contributed by atoms with E-state index in [1.54, 1.807) is 36.4 Å². The molecule has 0 bridgehead atoms. The van der Waals surface area contributed by atoms with Gasteiger partial charge in [0.2, 0.25) is 5.72 Å². The number of nitrogens with zero attached hydrogens (tertiary/aromatic N) is 3. The van der Waals surface area contributed by atoms with Crippen molar-refractivity contribution in [2.45, 2.75) is 44.6 Å². The Balaban J connectivity index is 1.70. The van der Waals surface area contributed by atoms with Gasteiger partial charge >= 0.3 is 0 Å². The molecule has 0 unspecified atom stereocenters. The smallest absolute Gasteiger partial charge is 0.257 e. The summed E-state index contributed by atoms with van der Waals surface area (Å²) in [5, 5.41) is 20.9. The predicted molar refractivity (Wildman–Crippen MR) is 137 cm³/mol. The number of carbonyl (C=O) groups excluding carboxylic acids is 1. The number of aromatic nitrogens is 1. The van der Waals surface area contributed by atoms with Crippen molar-refractivity contribution in [2.24, 2.45) is 5.41 Å². The number of fused-ring (bicyclic) bond motifs is 1. The first-order valence-corrected chi connectivity index (χ1v) is 12.7. The second-order valence-electron chi connectivity index (χ2n) is 10.2. The summed E-state index contributed by atoms with van der Waals surface area (Å²) in [7, 11) is 0. The van der Waals surface area contributed by atoms with Crippen molar-refractivity contribution >= 4 is 29.1 Å². The van der Waals surface area contributed by atoms with Gasteiger partial charge < -0.3 is 5.11 Å². The number of nitriles is 1. The van der Waals surface area contributed by atoms with Crippen LogP contribution in [0.4, 0.5) is 4.39 Å². The van der Waals surface area contributed by atoms with Gasteiger partial charge in [0.05, 0.1) is 45.5 Å². The Morgan fingerprint density at radius 2 is 1.84 bits per heavy atom. The lowest BCUT2D eigenvalue weighted by atomic mass is 9.89. The van der Waals surface area contributed by atoms with Crippen molar-refractivity contribution in [3.8, 4) is 6.07 Å². The van der Waals surface area contributed by atoms with Crippen molar-refractivity contribution in [2.75, 3.05) is 6.61 Å². The number of rotatable bonds is 8. The third-order valence-electron chi connectivity index (χ3n) is 6.94. The van der Waals surface area contributed by atoms with Crippen molar-refractivity contribution in [1.82, 2.24) is 9.88 Å². The summed E-state index contributed by atoms with van der Waals surface area (Å²) in [6, 6.07) is 14.6. The van der Waals surface area contributed by atoms with Crippen molar-refractivity contribution in [1.29, 1.82) is 5.26 Å². The van der Waals surface area contributed by atoms with Gasteiger partial charge in [-0.25, -0.2) is 9.28 Å². The van der Waals surface area contributed by atoms with E-state index in [9.17, 15) is 15.2 Å². The Morgan fingerprint density at radius 1 is 1.16 bits per heavy atom. The number of halogens is 3. The molecule has 0 spiro atoms. The number of carbonyl (C=O) groups is 1. The van der Waals surface area contributed by atoms with Gasteiger partial charge in [-0.05, 0) is 68.7 Å². The lowest BCUT2D eigenvalue weighted by Gasteiger charge is -2.38. The number of aliphatic hydroxyl groups is 1. The van der Waals surface area contributed by atoms with Gasteiger partial charge in [-0.1, -0.05) is 35.3 Å². The SMILES string of the molecule is CC(C)(O)c1cc(F)c2c(c1)C(=O)N(Cc1ccc(Cl)cn1)[C@@]2(OOCC1(C#N)CC1)c1ccc(Cl)cc1. The molecule has 196 valence electrons. The molecule has 2 aliphatic rings. The van der Waals surface area contributed by atoms with E-state index in [0.29, 0.717) is 34.1 Å². The van der Waals surface area contributed by atoms with Crippen LogP contribution in [0, 0.1) is 22.6 Å². The monoisotopic (exact) mass is 555 g/mol. The van der Waals surface area contributed by atoms with E-state index in [1.807, 2.05) is 0 Å². The van der Waals surface area contributed by atoms with Crippen LogP contribution in [0.25, 0.3) is 0 Å². The summed E-state index contributed by atoms with van der Waals surface area (Å²) in [4.78, 5) is 31.3. The van der Waals surface area contributed by atoms with Crippen LogP contribution >= 0.6 is 23.2 Å². The second kappa shape index (κ2) is 9.60. The first kappa shape index (κ1) is 26.5. The molecule has 1 atom stereocenters. The zero-order valence-electron chi connectivity index (χ0n) is 20.7. The summed E-state index contributed by atoms with van der Waals surface area (Å²) in [5.74, 6) is -1.32. The average molecular weight is 556 g/mol. The summed E-state index contributed by atoms with van der Waals surface area (Å²) >= 11 is 12.2. The Hall–Kier alpha value is -3.06. The predicted octanol–water partition coefficient (Wildman–Crippen LogP) is 5.86. The van der Waals surface area contributed by atoms with Gasteiger partial charge in [0, 0.05) is 16.8 Å². The summed E-state index contributed by atoms with van der Waals surface area (Å²) in [5.41, 5.74) is -2.97. The average Bonchev–Trinajstić information content (AvgIpc) is 3.62. The van der Waals surface area contributed by atoms with Gasteiger partial charge in [-0.3, -0.25) is 14.7 Å². The second-order valence-corrected chi connectivity index (χ2v) is 11.1. The van der Waals surface area contributed by atoms with Gasteiger partial charge in [-0.2, -0.15) is 10.1 Å². The molecule has 1 aliphatic heterocycles. The number of hydrogen-bond acceptors (Lipinski definition) is 6. The summed E-state index contributed by atoms with van der Waals surface area (Å²) < 4.78 is 16.1. The van der Waals surface area contributed by atoms with Crippen LogP contribution in [0.5, 0.6) is 0 Å². The first-order valence-electron chi connectivity index (χ1n) is 12.0. The van der Waals surface area contributed by atoms with Gasteiger partial charge in [-0.15, -0.1) is 0 Å². The topological polar surface area (TPSA) is 95.7 Å². The zero-order chi connectivity index (χ0) is 27.3. The summed E-state index contributed by atoms with van der Waals surface area (Å²) in [6.07, 6.45) is 2.75. The third kappa shape index (κ3) is 4.66. The maximum atomic E-state index is 16.1. The Bertz CT molecular complexity index is 1430. The molecule has 3 aromatic rings. The molecule has 7 nitrogen and oxygen atoms in total. The van der Waals surface area contributed by atoms with Gasteiger partial charge in [0.25, 0.3) is 5.91 Å². The van der Waals surface area contributed by atoms with Crippen molar-refractivity contribution in [3.05, 3.63) is 98.5 Å². The highest BCUT2D eigenvalue weighted by Crippen LogP contribution is 2.50. The van der Waals surface area contributed by atoms with Crippen LogP contribution in [0.3, 0.4) is 0 Å². The van der Waals surface area contributed by atoms with E-state index in [2.05, 4.69) is 11.1 Å². The zero-order valence-corrected chi connectivity index (χ0v) is 22.2. The lowest BCUT2D eigenvalue weighted by Crippen LogP contribution is -2.47. The standard InChI is InChI=1S/C28H24Cl2FN3O4/c1-26(2,36)18-11-22-24(23(31)12-18)28(17-3-5-19(29)6-4-17,38-37-16-27(15-32)9-10-27)34(25(22)35)14-21-8-7-20(30)13-33-21/h3-8,11-13,36H,9-10,14,16H2,1-2H3/t28-/m1/s1.